The second-order valence-electron chi connectivity index (χ2n) is 4.73. The first-order valence-corrected chi connectivity index (χ1v) is 6.93. The third-order valence-electron chi connectivity index (χ3n) is 3.11. The minimum Gasteiger partial charge on any atom is -0.481 e. The van der Waals surface area contributed by atoms with Crippen LogP contribution >= 0.6 is 11.6 Å². The van der Waals surface area contributed by atoms with Crippen molar-refractivity contribution in [3.63, 3.8) is 0 Å². The monoisotopic (exact) mass is 304 g/mol. The zero-order valence-electron chi connectivity index (χ0n) is 11.9. The number of nitrogen functional groups attached to an aromatic ring is 1. The number of amides is 1. The van der Waals surface area contributed by atoms with Gasteiger partial charge in [0.1, 0.15) is 5.75 Å². The van der Waals surface area contributed by atoms with E-state index in [0.717, 1.165) is 5.56 Å². The normalized spacial score (nSPS) is 11.8. The number of benzene rings is 2. The molecule has 0 saturated heterocycles. The average molecular weight is 305 g/mol. The first kappa shape index (κ1) is 15.2. The molecular weight excluding hydrogens is 288 g/mol. The molecule has 1 amide bonds. The quantitative estimate of drug-likeness (QED) is 0.848. The number of ether oxygens (including phenoxy) is 1. The van der Waals surface area contributed by atoms with Crippen LogP contribution in [0.4, 0.5) is 11.4 Å². The van der Waals surface area contributed by atoms with Crippen molar-refractivity contribution in [3.05, 3.63) is 53.1 Å². The minimum atomic E-state index is -0.649. The lowest BCUT2D eigenvalue weighted by Crippen LogP contribution is -2.30. The lowest BCUT2D eigenvalue weighted by Gasteiger charge is -2.16. The zero-order chi connectivity index (χ0) is 15.4. The highest BCUT2D eigenvalue weighted by Crippen LogP contribution is 2.22. The Labute approximate surface area is 128 Å². The molecule has 0 radical (unpaired) electrons. The third kappa shape index (κ3) is 3.89. The van der Waals surface area contributed by atoms with E-state index in [9.17, 15) is 4.79 Å². The molecule has 0 spiro atoms. The van der Waals surface area contributed by atoms with Gasteiger partial charge in [-0.1, -0.05) is 23.7 Å². The Morgan fingerprint density at radius 2 is 2.00 bits per heavy atom. The summed E-state index contributed by atoms with van der Waals surface area (Å²) in [5.41, 5.74) is 7.97. The molecule has 2 rings (SSSR count). The molecule has 1 unspecified atom stereocenters. The van der Waals surface area contributed by atoms with Crippen LogP contribution in [0.3, 0.4) is 0 Å². The van der Waals surface area contributed by atoms with Crippen LogP contribution in [-0.2, 0) is 4.79 Å². The van der Waals surface area contributed by atoms with Gasteiger partial charge in [-0.15, -0.1) is 0 Å². The minimum absolute atomic E-state index is 0.247. The van der Waals surface area contributed by atoms with Gasteiger partial charge in [-0.25, -0.2) is 0 Å². The molecule has 2 aromatic carbocycles. The molecule has 110 valence electrons. The number of halogens is 1. The molecule has 21 heavy (non-hydrogen) atoms. The SMILES string of the molecule is Cc1c(N)cccc1NC(=O)C(C)Oc1cccc(Cl)c1. The van der Waals surface area contributed by atoms with Crippen LogP contribution in [0.1, 0.15) is 12.5 Å². The topological polar surface area (TPSA) is 64.3 Å². The molecule has 0 fully saturated rings. The van der Waals surface area contributed by atoms with E-state index in [1.807, 2.05) is 6.92 Å². The molecule has 1 atom stereocenters. The second-order valence-corrected chi connectivity index (χ2v) is 5.16. The molecule has 0 aliphatic heterocycles. The smallest absolute Gasteiger partial charge is 0.265 e. The fourth-order valence-electron chi connectivity index (χ4n) is 1.82. The van der Waals surface area contributed by atoms with Gasteiger partial charge in [-0.3, -0.25) is 4.79 Å². The van der Waals surface area contributed by atoms with E-state index < -0.39 is 6.10 Å². The van der Waals surface area contributed by atoms with Crippen LogP contribution in [0.25, 0.3) is 0 Å². The van der Waals surface area contributed by atoms with Gasteiger partial charge in [-0.2, -0.15) is 0 Å². The largest absolute Gasteiger partial charge is 0.481 e. The Morgan fingerprint density at radius 1 is 1.29 bits per heavy atom. The first-order chi connectivity index (χ1) is 9.97. The maximum atomic E-state index is 12.2. The van der Waals surface area contributed by atoms with Crippen LogP contribution in [0.15, 0.2) is 42.5 Å². The predicted molar refractivity (Wildman–Crippen MR) is 85.8 cm³/mol. The van der Waals surface area contributed by atoms with Gasteiger partial charge in [0, 0.05) is 16.4 Å². The van der Waals surface area contributed by atoms with Crippen LogP contribution in [0.5, 0.6) is 5.75 Å². The number of nitrogens with one attached hydrogen (secondary N) is 1. The Bertz CT molecular complexity index is 658. The van der Waals surface area contributed by atoms with E-state index in [0.29, 0.717) is 22.1 Å². The zero-order valence-corrected chi connectivity index (χ0v) is 12.6. The van der Waals surface area contributed by atoms with E-state index in [1.165, 1.54) is 0 Å². The molecule has 5 heteroatoms. The lowest BCUT2D eigenvalue weighted by atomic mass is 10.1. The summed E-state index contributed by atoms with van der Waals surface area (Å²) in [6.07, 6.45) is -0.649. The molecular formula is C16H17ClN2O2. The molecule has 0 aliphatic carbocycles. The van der Waals surface area contributed by atoms with Gasteiger partial charge in [0.05, 0.1) is 0 Å². The highest BCUT2D eigenvalue weighted by molar-refractivity contribution is 6.30. The van der Waals surface area contributed by atoms with Gasteiger partial charge in [0.2, 0.25) is 0 Å². The van der Waals surface area contributed by atoms with E-state index in [2.05, 4.69) is 5.32 Å². The predicted octanol–water partition coefficient (Wildman–Crippen LogP) is 3.64. The lowest BCUT2D eigenvalue weighted by molar-refractivity contribution is -0.122. The Hall–Kier alpha value is -2.20. The molecule has 0 aromatic heterocycles. The van der Waals surface area contributed by atoms with Crippen molar-refractivity contribution in [1.29, 1.82) is 0 Å². The summed E-state index contributed by atoms with van der Waals surface area (Å²) >= 11 is 5.88. The summed E-state index contributed by atoms with van der Waals surface area (Å²) in [7, 11) is 0. The van der Waals surface area contributed by atoms with Gasteiger partial charge in [0.25, 0.3) is 5.91 Å². The molecule has 2 aromatic rings. The van der Waals surface area contributed by atoms with Crippen molar-refractivity contribution in [3.8, 4) is 5.75 Å². The summed E-state index contributed by atoms with van der Waals surface area (Å²) in [5, 5.41) is 3.37. The van der Waals surface area contributed by atoms with Crippen molar-refractivity contribution < 1.29 is 9.53 Å². The fraction of sp³-hybridized carbons (Fsp3) is 0.188. The maximum absolute atomic E-state index is 12.2. The maximum Gasteiger partial charge on any atom is 0.265 e. The summed E-state index contributed by atoms with van der Waals surface area (Å²) in [5.74, 6) is 0.304. The van der Waals surface area contributed by atoms with E-state index in [1.54, 1.807) is 49.4 Å². The molecule has 0 heterocycles. The third-order valence-corrected chi connectivity index (χ3v) is 3.35. The number of hydrogen-bond donors (Lipinski definition) is 2. The van der Waals surface area contributed by atoms with Crippen LogP contribution in [0.2, 0.25) is 5.02 Å². The molecule has 0 aliphatic rings. The van der Waals surface area contributed by atoms with E-state index >= 15 is 0 Å². The Balaban J connectivity index is 2.04. The van der Waals surface area contributed by atoms with Crippen molar-refractivity contribution >= 4 is 28.9 Å². The number of hydrogen-bond acceptors (Lipinski definition) is 3. The number of rotatable bonds is 4. The van der Waals surface area contributed by atoms with Crippen LogP contribution in [0, 0.1) is 6.92 Å². The Morgan fingerprint density at radius 3 is 2.71 bits per heavy atom. The second kappa shape index (κ2) is 6.50. The standard InChI is InChI=1S/C16H17ClN2O2/c1-10-14(18)7-4-8-15(10)19-16(20)11(2)21-13-6-3-5-12(17)9-13/h3-9,11H,18H2,1-2H3,(H,19,20). The number of carbonyl (C=O) groups excluding carboxylic acids is 1. The van der Waals surface area contributed by atoms with Crippen molar-refractivity contribution in [1.82, 2.24) is 0 Å². The summed E-state index contributed by atoms with van der Waals surface area (Å²) in [6, 6.07) is 12.3. The van der Waals surface area contributed by atoms with Gasteiger partial charge >= 0.3 is 0 Å². The van der Waals surface area contributed by atoms with Crippen LogP contribution < -0.4 is 15.8 Å². The fourth-order valence-corrected chi connectivity index (χ4v) is 2.00. The van der Waals surface area contributed by atoms with E-state index in [4.69, 9.17) is 22.1 Å². The Kier molecular flexibility index (Phi) is 4.70. The van der Waals surface area contributed by atoms with Crippen molar-refractivity contribution in [2.45, 2.75) is 20.0 Å². The number of anilines is 2. The van der Waals surface area contributed by atoms with Crippen molar-refractivity contribution in [2.24, 2.45) is 0 Å². The molecule has 3 N–H and O–H groups in total. The molecule has 0 saturated carbocycles. The van der Waals surface area contributed by atoms with Gasteiger partial charge < -0.3 is 15.8 Å². The molecule has 4 nitrogen and oxygen atoms in total. The number of nitrogens with two attached hydrogens (primary N) is 1. The number of carbonyl (C=O) groups is 1. The summed E-state index contributed by atoms with van der Waals surface area (Å²) in [6.45, 7) is 3.53. The highest BCUT2D eigenvalue weighted by Gasteiger charge is 2.16. The average Bonchev–Trinajstić information content (AvgIpc) is 2.44. The highest BCUT2D eigenvalue weighted by atomic mass is 35.5. The van der Waals surface area contributed by atoms with Gasteiger partial charge in [0.15, 0.2) is 6.10 Å². The van der Waals surface area contributed by atoms with Crippen LogP contribution in [-0.4, -0.2) is 12.0 Å². The van der Waals surface area contributed by atoms with E-state index in [-0.39, 0.29) is 5.91 Å². The van der Waals surface area contributed by atoms with Gasteiger partial charge in [-0.05, 0) is 49.7 Å². The first-order valence-electron chi connectivity index (χ1n) is 6.55. The summed E-state index contributed by atoms with van der Waals surface area (Å²) < 4.78 is 5.57. The van der Waals surface area contributed by atoms with Crippen molar-refractivity contribution in [2.75, 3.05) is 11.1 Å². The molecule has 0 bridgehead atoms. The summed E-state index contributed by atoms with van der Waals surface area (Å²) in [4.78, 5) is 12.2.